The zero-order chi connectivity index (χ0) is 15.5. The van der Waals surface area contributed by atoms with Gasteiger partial charge in [-0.25, -0.2) is 0 Å². The Hall–Kier alpha value is -1.02. The highest BCUT2D eigenvalue weighted by Gasteiger charge is 2.25. The topological polar surface area (TPSA) is 21.3 Å². The largest absolute Gasteiger partial charge is 0.490 e. The molecule has 0 spiro atoms. The van der Waals surface area contributed by atoms with Gasteiger partial charge in [0.05, 0.1) is 6.10 Å². The minimum absolute atomic E-state index is 0.350. The molecular formula is C19H31NO. The van der Waals surface area contributed by atoms with Crippen molar-refractivity contribution >= 4 is 0 Å². The van der Waals surface area contributed by atoms with Crippen molar-refractivity contribution in [3.8, 4) is 5.75 Å². The molecule has 2 atom stereocenters. The van der Waals surface area contributed by atoms with Gasteiger partial charge >= 0.3 is 0 Å². The van der Waals surface area contributed by atoms with Gasteiger partial charge in [0.25, 0.3) is 0 Å². The van der Waals surface area contributed by atoms with E-state index in [1.165, 1.54) is 24.8 Å². The molecule has 1 aromatic carbocycles. The molecule has 2 nitrogen and oxygen atoms in total. The average Bonchev–Trinajstić information content (AvgIpc) is 3.22. The van der Waals surface area contributed by atoms with Crippen molar-refractivity contribution in [3.63, 3.8) is 0 Å². The second-order valence-electron chi connectivity index (χ2n) is 7.50. The van der Waals surface area contributed by atoms with Crippen molar-refractivity contribution in [1.29, 1.82) is 0 Å². The van der Waals surface area contributed by atoms with Gasteiger partial charge in [-0.15, -0.1) is 0 Å². The second-order valence-corrected chi connectivity index (χ2v) is 7.50. The van der Waals surface area contributed by atoms with Crippen molar-refractivity contribution in [2.75, 3.05) is 6.54 Å². The molecule has 118 valence electrons. The summed E-state index contributed by atoms with van der Waals surface area (Å²) in [7, 11) is 0. The molecule has 1 aliphatic carbocycles. The number of rotatable bonds is 7. The smallest absolute Gasteiger partial charge is 0.119 e. The molecule has 1 N–H and O–H groups in total. The van der Waals surface area contributed by atoms with Crippen molar-refractivity contribution < 1.29 is 4.74 Å². The number of nitrogens with one attached hydrogen (secondary N) is 1. The Labute approximate surface area is 130 Å². The van der Waals surface area contributed by atoms with Crippen LogP contribution in [-0.2, 0) is 0 Å². The summed E-state index contributed by atoms with van der Waals surface area (Å²) in [5.41, 5.74) is 1.72. The zero-order valence-corrected chi connectivity index (χ0v) is 14.3. The molecule has 0 heterocycles. The van der Waals surface area contributed by atoms with Gasteiger partial charge in [0.2, 0.25) is 0 Å². The third-order valence-corrected chi connectivity index (χ3v) is 4.63. The minimum Gasteiger partial charge on any atom is -0.490 e. The molecule has 2 heteroatoms. The summed E-state index contributed by atoms with van der Waals surface area (Å²) in [6.45, 7) is 12.5. The van der Waals surface area contributed by atoms with Crippen LogP contribution in [0.2, 0.25) is 0 Å². The molecule has 0 aromatic heterocycles. The molecule has 1 saturated carbocycles. The van der Waals surface area contributed by atoms with E-state index in [1.807, 2.05) is 0 Å². The first-order valence-corrected chi connectivity index (χ1v) is 8.40. The predicted molar refractivity (Wildman–Crippen MR) is 89.7 cm³/mol. The number of hydrogen-bond acceptors (Lipinski definition) is 2. The molecule has 21 heavy (non-hydrogen) atoms. The van der Waals surface area contributed by atoms with Gasteiger partial charge < -0.3 is 10.1 Å². The van der Waals surface area contributed by atoms with Gasteiger partial charge in [-0.3, -0.25) is 0 Å². The quantitative estimate of drug-likeness (QED) is 0.766. The highest BCUT2D eigenvalue weighted by molar-refractivity contribution is 5.29. The molecule has 0 aliphatic heterocycles. The molecule has 0 saturated heterocycles. The summed E-state index contributed by atoms with van der Waals surface area (Å²) in [4.78, 5) is 0. The van der Waals surface area contributed by atoms with Gasteiger partial charge in [0, 0.05) is 6.04 Å². The Bertz CT molecular complexity index is 428. The van der Waals surface area contributed by atoms with Crippen molar-refractivity contribution in [3.05, 3.63) is 29.8 Å². The second kappa shape index (κ2) is 6.83. The summed E-state index contributed by atoms with van der Waals surface area (Å²) in [6.07, 6.45) is 4.07. The van der Waals surface area contributed by atoms with Crippen LogP contribution in [0.1, 0.15) is 65.5 Å². The van der Waals surface area contributed by atoms with E-state index in [0.717, 1.165) is 12.3 Å². The van der Waals surface area contributed by atoms with Crippen molar-refractivity contribution in [2.45, 2.75) is 66.0 Å². The molecule has 1 aliphatic rings. The Morgan fingerprint density at radius 1 is 1.19 bits per heavy atom. The van der Waals surface area contributed by atoms with E-state index in [2.05, 4.69) is 64.2 Å². The van der Waals surface area contributed by atoms with Gasteiger partial charge in [0.15, 0.2) is 0 Å². The molecule has 0 radical (unpaired) electrons. The van der Waals surface area contributed by atoms with Crippen LogP contribution in [0.25, 0.3) is 0 Å². The number of ether oxygens (including phenoxy) is 1. The maximum atomic E-state index is 5.83. The van der Waals surface area contributed by atoms with Crippen LogP contribution in [0.4, 0.5) is 0 Å². The van der Waals surface area contributed by atoms with Crippen molar-refractivity contribution in [1.82, 2.24) is 5.32 Å². The number of benzene rings is 1. The molecular weight excluding hydrogens is 258 g/mol. The van der Waals surface area contributed by atoms with Crippen LogP contribution >= 0.6 is 0 Å². The summed E-state index contributed by atoms with van der Waals surface area (Å²) in [6, 6.07) is 9.12. The summed E-state index contributed by atoms with van der Waals surface area (Å²) in [5, 5.41) is 3.63. The Morgan fingerprint density at radius 2 is 1.81 bits per heavy atom. The molecule has 2 unspecified atom stereocenters. The molecule has 1 fully saturated rings. The van der Waals surface area contributed by atoms with Gasteiger partial charge in [-0.1, -0.05) is 46.8 Å². The molecule has 0 bridgehead atoms. The first-order chi connectivity index (χ1) is 9.90. The van der Waals surface area contributed by atoms with Gasteiger partial charge in [-0.05, 0) is 54.8 Å². The third kappa shape index (κ3) is 5.03. The Balaban J connectivity index is 2.02. The van der Waals surface area contributed by atoms with E-state index in [9.17, 15) is 0 Å². The fourth-order valence-corrected chi connectivity index (χ4v) is 2.45. The lowest BCUT2D eigenvalue weighted by molar-refractivity contribution is 0.224. The number of hydrogen-bond donors (Lipinski definition) is 1. The van der Waals surface area contributed by atoms with E-state index in [1.54, 1.807) is 0 Å². The van der Waals surface area contributed by atoms with Crippen LogP contribution in [0.15, 0.2) is 24.3 Å². The van der Waals surface area contributed by atoms with E-state index in [4.69, 9.17) is 4.74 Å². The van der Waals surface area contributed by atoms with Crippen LogP contribution in [0.3, 0.4) is 0 Å². The van der Waals surface area contributed by atoms with E-state index < -0.39 is 0 Å². The first kappa shape index (κ1) is 16.4. The Kier molecular flexibility index (Phi) is 5.32. The summed E-state index contributed by atoms with van der Waals surface area (Å²) >= 11 is 0. The third-order valence-electron chi connectivity index (χ3n) is 4.63. The van der Waals surface area contributed by atoms with E-state index >= 15 is 0 Å². The van der Waals surface area contributed by atoms with Crippen LogP contribution in [-0.4, -0.2) is 12.6 Å². The van der Waals surface area contributed by atoms with E-state index in [-0.39, 0.29) is 0 Å². The predicted octanol–water partition coefficient (Wildman–Crippen LogP) is 4.95. The first-order valence-electron chi connectivity index (χ1n) is 8.40. The van der Waals surface area contributed by atoms with Gasteiger partial charge in [-0.2, -0.15) is 0 Å². The highest BCUT2D eigenvalue weighted by Crippen LogP contribution is 2.34. The van der Waals surface area contributed by atoms with Gasteiger partial charge in [0.1, 0.15) is 5.75 Å². The maximum absolute atomic E-state index is 5.83. The highest BCUT2D eigenvalue weighted by atomic mass is 16.5. The maximum Gasteiger partial charge on any atom is 0.119 e. The zero-order valence-electron chi connectivity index (χ0n) is 14.3. The lowest BCUT2D eigenvalue weighted by Crippen LogP contribution is -2.27. The normalized spacial score (nSPS) is 18.3. The van der Waals surface area contributed by atoms with Crippen LogP contribution < -0.4 is 10.1 Å². The fourth-order valence-electron chi connectivity index (χ4n) is 2.45. The standard InChI is InChI=1S/C19H31NO/c1-6-20-18(13-14(2)19(3,4)5)15-7-9-16(10-8-15)21-17-11-12-17/h7-10,14,17-18,20H,6,11-13H2,1-5H3. The minimum atomic E-state index is 0.350. The fraction of sp³-hybridized carbons (Fsp3) is 0.684. The van der Waals surface area contributed by atoms with Crippen LogP contribution in [0, 0.1) is 11.3 Å². The van der Waals surface area contributed by atoms with Crippen LogP contribution in [0.5, 0.6) is 5.75 Å². The SMILES string of the molecule is CCNC(CC(C)C(C)(C)C)c1ccc(OC2CC2)cc1. The lowest BCUT2D eigenvalue weighted by Gasteiger charge is -2.31. The lowest BCUT2D eigenvalue weighted by atomic mass is 9.77. The van der Waals surface area contributed by atoms with Crippen molar-refractivity contribution in [2.24, 2.45) is 11.3 Å². The summed E-state index contributed by atoms with van der Waals surface area (Å²) in [5.74, 6) is 1.68. The summed E-state index contributed by atoms with van der Waals surface area (Å²) < 4.78 is 5.83. The Morgan fingerprint density at radius 3 is 2.29 bits per heavy atom. The average molecular weight is 289 g/mol. The molecule has 1 aromatic rings. The van der Waals surface area contributed by atoms with E-state index in [0.29, 0.717) is 23.5 Å². The monoisotopic (exact) mass is 289 g/mol. The molecule has 2 rings (SSSR count). The molecule has 0 amide bonds.